The molecule has 1 aromatic heterocycles. The Hall–Kier alpha value is -0.750. The lowest BCUT2D eigenvalue weighted by Gasteiger charge is -2.27. The highest BCUT2D eigenvalue weighted by Gasteiger charge is 2.11. The molecule has 0 unspecified atom stereocenters. The lowest BCUT2D eigenvalue weighted by atomic mass is 10.3. The molecular formula is C12H20Cl2N2O3. The van der Waals surface area contributed by atoms with E-state index in [-0.39, 0.29) is 36.0 Å². The van der Waals surface area contributed by atoms with Crippen molar-refractivity contribution in [3.8, 4) is 5.75 Å². The molecule has 0 radical (unpaired) electrons. The summed E-state index contributed by atoms with van der Waals surface area (Å²) in [5.41, 5.74) is 0.316. The Morgan fingerprint density at radius 2 is 1.89 bits per heavy atom. The number of pyridine rings is 1. The van der Waals surface area contributed by atoms with Gasteiger partial charge in [-0.3, -0.25) is 9.69 Å². The van der Waals surface area contributed by atoms with Crippen LogP contribution in [0.5, 0.6) is 5.75 Å². The number of hydrogen-bond donors (Lipinski definition) is 1. The first-order chi connectivity index (χ1) is 8.18. The van der Waals surface area contributed by atoms with Crippen molar-refractivity contribution in [2.75, 3.05) is 32.8 Å². The SMILES string of the molecule is Cc1c(O)c(=O)ccn1CCN1CCOCC1.Cl.Cl. The molecular weight excluding hydrogens is 291 g/mol. The van der Waals surface area contributed by atoms with Crippen molar-refractivity contribution in [2.45, 2.75) is 13.5 Å². The fraction of sp³-hybridized carbons (Fsp3) is 0.583. The number of halogens is 2. The van der Waals surface area contributed by atoms with Gasteiger partial charge in [0.15, 0.2) is 5.75 Å². The first-order valence-corrected chi connectivity index (χ1v) is 5.87. The van der Waals surface area contributed by atoms with Gasteiger partial charge in [-0.1, -0.05) is 0 Å². The monoisotopic (exact) mass is 310 g/mol. The zero-order chi connectivity index (χ0) is 12.3. The maximum absolute atomic E-state index is 11.2. The number of ether oxygens (including phenoxy) is 1. The minimum atomic E-state index is -0.315. The van der Waals surface area contributed by atoms with Crippen LogP contribution >= 0.6 is 24.8 Å². The molecule has 1 aliphatic heterocycles. The van der Waals surface area contributed by atoms with E-state index < -0.39 is 0 Å². The van der Waals surface area contributed by atoms with Gasteiger partial charge in [-0.15, -0.1) is 24.8 Å². The molecule has 0 amide bonds. The van der Waals surface area contributed by atoms with E-state index in [2.05, 4.69) is 4.90 Å². The molecule has 0 spiro atoms. The third-order valence-corrected chi connectivity index (χ3v) is 3.17. The summed E-state index contributed by atoms with van der Waals surface area (Å²) in [6.07, 6.45) is 1.73. The topological polar surface area (TPSA) is 54.7 Å². The molecule has 7 heteroatoms. The van der Waals surface area contributed by atoms with Crippen LogP contribution in [0.1, 0.15) is 5.69 Å². The molecule has 1 aromatic rings. The van der Waals surface area contributed by atoms with Crippen LogP contribution in [0, 0.1) is 6.92 Å². The Labute approximate surface area is 125 Å². The number of morpholine rings is 1. The quantitative estimate of drug-likeness (QED) is 0.906. The zero-order valence-corrected chi connectivity index (χ0v) is 12.5. The smallest absolute Gasteiger partial charge is 0.223 e. The Morgan fingerprint density at radius 1 is 1.26 bits per heavy atom. The third-order valence-electron chi connectivity index (χ3n) is 3.17. The predicted molar refractivity (Wildman–Crippen MR) is 78.9 cm³/mol. The van der Waals surface area contributed by atoms with E-state index in [0.717, 1.165) is 39.4 Å². The molecule has 2 heterocycles. The number of rotatable bonds is 3. The van der Waals surface area contributed by atoms with Crippen molar-refractivity contribution >= 4 is 24.8 Å². The van der Waals surface area contributed by atoms with E-state index in [4.69, 9.17) is 4.74 Å². The van der Waals surface area contributed by atoms with E-state index in [1.165, 1.54) is 6.07 Å². The van der Waals surface area contributed by atoms with Crippen LogP contribution in [-0.4, -0.2) is 47.4 Å². The molecule has 1 saturated heterocycles. The fourth-order valence-corrected chi connectivity index (χ4v) is 1.98. The van der Waals surface area contributed by atoms with Crippen LogP contribution in [0.25, 0.3) is 0 Å². The molecule has 0 bridgehead atoms. The highest BCUT2D eigenvalue weighted by molar-refractivity contribution is 5.85. The summed E-state index contributed by atoms with van der Waals surface area (Å²) in [5.74, 6) is -0.144. The molecule has 1 fully saturated rings. The van der Waals surface area contributed by atoms with Crippen molar-refractivity contribution < 1.29 is 9.84 Å². The summed E-state index contributed by atoms with van der Waals surface area (Å²) in [6.45, 7) is 6.92. The Kier molecular flexibility index (Phi) is 8.09. The standard InChI is InChI=1S/C12H18N2O3.2ClH/c1-10-12(16)11(15)2-3-14(10)5-4-13-6-8-17-9-7-13;;/h2-3,16H,4-9H2,1H3;2*1H. The molecule has 2 rings (SSSR count). The van der Waals surface area contributed by atoms with Gasteiger partial charge in [-0.2, -0.15) is 0 Å². The highest BCUT2D eigenvalue weighted by atomic mass is 35.5. The van der Waals surface area contributed by atoms with Gasteiger partial charge in [0.2, 0.25) is 5.43 Å². The Bertz CT molecular complexity index is 445. The predicted octanol–water partition coefficient (Wildman–Crippen LogP) is 1.04. The van der Waals surface area contributed by atoms with Gasteiger partial charge in [0.25, 0.3) is 0 Å². The Balaban J connectivity index is 0.00000162. The van der Waals surface area contributed by atoms with Crippen molar-refractivity contribution in [3.63, 3.8) is 0 Å². The van der Waals surface area contributed by atoms with Crippen LogP contribution < -0.4 is 5.43 Å². The van der Waals surface area contributed by atoms with Crippen LogP contribution in [0.2, 0.25) is 0 Å². The first kappa shape index (κ1) is 18.2. The molecule has 1 aliphatic rings. The van der Waals surface area contributed by atoms with E-state index in [1.54, 1.807) is 13.1 Å². The average Bonchev–Trinajstić information content (AvgIpc) is 2.36. The molecule has 110 valence electrons. The molecule has 19 heavy (non-hydrogen) atoms. The van der Waals surface area contributed by atoms with Crippen LogP contribution in [0.3, 0.4) is 0 Å². The summed E-state index contributed by atoms with van der Waals surface area (Å²) in [7, 11) is 0. The summed E-state index contributed by atoms with van der Waals surface area (Å²) in [5, 5.41) is 9.56. The minimum absolute atomic E-state index is 0. The molecule has 0 atom stereocenters. The molecule has 0 aliphatic carbocycles. The number of aromatic hydroxyl groups is 1. The van der Waals surface area contributed by atoms with E-state index >= 15 is 0 Å². The largest absolute Gasteiger partial charge is 0.503 e. The van der Waals surface area contributed by atoms with Crippen LogP contribution in [0.15, 0.2) is 17.1 Å². The normalized spacial score (nSPS) is 15.4. The second kappa shape index (κ2) is 8.43. The van der Waals surface area contributed by atoms with Crippen molar-refractivity contribution in [2.24, 2.45) is 0 Å². The summed E-state index contributed by atoms with van der Waals surface area (Å²) < 4.78 is 7.19. The molecule has 0 aromatic carbocycles. The third kappa shape index (κ3) is 4.69. The van der Waals surface area contributed by atoms with Gasteiger partial charge in [0.1, 0.15) is 0 Å². The molecule has 0 saturated carbocycles. The van der Waals surface area contributed by atoms with Gasteiger partial charge in [0, 0.05) is 38.4 Å². The van der Waals surface area contributed by atoms with E-state index in [0.29, 0.717) is 5.69 Å². The van der Waals surface area contributed by atoms with Gasteiger partial charge < -0.3 is 14.4 Å². The van der Waals surface area contributed by atoms with Crippen molar-refractivity contribution in [1.82, 2.24) is 9.47 Å². The van der Waals surface area contributed by atoms with Gasteiger partial charge in [0.05, 0.1) is 18.9 Å². The highest BCUT2D eigenvalue weighted by Crippen LogP contribution is 2.09. The maximum Gasteiger partial charge on any atom is 0.223 e. The minimum Gasteiger partial charge on any atom is -0.503 e. The van der Waals surface area contributed by atoms with Crippen molar-refractivity contribution in [3.05, 3.63) is 28.2 Å². The first-order valence-electron chi connectivity index (χ1n) is 5.87. The van der Waals surface area contributed by atoms with E-state index in [1.807, 2.05) is 4.57 Å². The second-order valence-corrected chi connectivity index (χ2v) is 4.26. The summed E-state index contributed by atoms with van der Waals surface area (Å²) in [6, 6.07) is 1.40. The van der Waals surface area contributed by atoms with E-state index in [9.17, 15) is 9.90 Å². The molecule has 1 N–H and O–H groups in total. The number of nitrogens with zero attached hydrogens (tertiary/aromatic N) is 2. The molecule has 5 nitrogen and oxygen atoms in total. The number of hydrogen-bond acceptors (Lipinski definition) is 4. The second-order valence-electron chi connectivity index (χ2n) is 4.26. The number of aromatic nitrogens is 1. The fourth-order valence-electron chi connectivity index (χ4n) is 1.98. The summed E-state index contributed by atoms with van der Waals surface area (Å²) in [4.78, 5) is 13.5. The average molecular weight is 311 g/mol. The lowest BCUT2D eigenvalue weighted by Crippen LogP contribution is -2.38. The van der Waals surface area contributed by atoms with Gasteiger partial charge >= 0.3 is 0 Å². The van der Waals surface area contributed by atoms with Crippen molar-refractivity contribution in [1.29, 1.82) is 0 Å². The van der Waals surface area contributed by atoms with Gasteiger partial charge in [-0.05, 0) is 6.92 Å². The Morgan fingerprint density at radius 3 is 2.53 bits per heavy atom. The zero-order valence-electron chi connectivity index (χ0n) is 10.9. The maximum atomic E-state index is 11.2. The van der Waals surface area contributed by atoms with Gasteiger partial charge in [-0.25, -0.2) is 0 Å². The lowest BCUT2D eigenvalue weighted by molar-refractivity contribution is 0.0363. The van der Waals surface area contributed by atoms with Crippen LogP contribution in [-0.2, 0) is 11.3 Å². The van der Waals surface area contributed by atoms with Crippen LogP contribution in [0.4, 0.5) is 0 Å². The summed E-state index contributed by atoms with van der Waals surface area (Å²) >= 11 is 0.